The van der Waals surface area contributed by atoms with Crippen molar-refractivity contribution in [3.63, 3.8) is 0 Å². The number of H-pyrrole nitrogens is 1. The molecule has 2 aromatic heterocycles. The largest absolute Gasteiger partial charge is 0.294 e. The number of hydrogen-bond donors (Lipinski definition) is 3. The number of hydrazine groups is 1. The monoisotopic (exact) mass is 223 g/mol. The Hall–Kier alpha value is -1.73. The van der Waals surface area contributed by atoms with Gasteiger partial charge in [0.25, 0.3) is 0 Å². The van der Waals surface area contributed by atoms with Crippen LogP contribution in [-0.4, -0.2) is 21.1 Å². The number of amides is 1. The Kier molecular flexibility index (Phi) is 2.75. The molecule has 0 unspecified atom stereocenters. The summed E-state index contributed by atoms with van der Waals surface area (Å²) in [5.74, 6) is 5.76. The second kappa shape index (κ2) is 4.20. The Morgan fingerprint density at radius 3 is 3.20 bits per heavy atom. The van der Waals surface area contributed by atoms with E-state index in [0.29, 0.717) is 11.6 Å². The van der Waals surface area contributed by atoms with Crippen LogP contribution < -0.4 is 11.3 Å². The van der Waals surface area contributed by atoms with Gasteiger partial charge in [-0.05, 0) is 11.4 Å². The van der Waals surface area contributed by atoms with Crippen LogP contribution in [0.15, 0.2) is 17.5 Å². The number of hydrogen-bond acceptors (Lipinski definition) is 5. The number of rotatable bonds is 3. The molecule has 0 aliphatic rings. The SMILES string of the molecule is NNC(=O)Cc1nc(-c2cccs2)n[nH]1. The Morgan fingerprint density at radius 1 is 1.67 bits per heavy atom. The number of thiophene rings is 1. The molecule has 0 atom stereocenters. The van der Waals surface area contributed by atoms with Crippen LogP contribution in [0.25, 0.3) is 10.7 Å². The summed E-state index contributed by atoms with van der Waals surface area (Å²) in [6.45, 7) is 0. The van der Waals surface area contributed by atoms with Gasteiger partial charge in [-0.3, -0.25) is 15.3 Å². The lowest BCUT2D eigenvalue weighted by Gasteiger charge is -1.93. The van der Waals surface area contributed by atoms with Gasteiger partial charge in [0, 0.05) is 0 Å². The minimum absolute atomic E-state index is 0.106. The summed E-state index contributed by atoms with van der Waals surface area (Å²) < 4.78 is 0. The molecule has 0 spiro atoms. The molecule has 0 bridgehead atoms. The van der Waals surface area contributed by atoms with Crippen LogP contribution in [0.4, 0.5) is 0 Å². The Bertz CT molecular complexity index is 449. The predicted molar refractivity (Wildman–Crippen MR) is 55.7 cm³/mol. The number of nitrogens with two attached hydrogens (primary N) is 1. The summed E-state index contributed by atoms with van der Waals surface area (Å²) in [7, 11) is 0. The molecule has 78 valence electrons. The first-order valence-electron chi connectivity index (χ1n) is 4.24. The zero-order valence-electron chi connectivity index (χ0n) is 7.73. The van der Waals surface area contributed by atoms with E-state index in [2.05, 4.69) is 15.2 Å². The summed E-state index contributed by atoms with van der Waals surface area (Å²) in [5.41, 5.74) is 2.03. The third-order valence-corrected chi connectivity index (χ3v) is 2.63. The molecule has 0 saturated carbocycles. The highest BCUT2D eigenvalue weighted by molar-refractivity contribution is 7.13. The second-order valence-electron chi connectivity index (χ2n) is 2.83. The number of aromatic amines is 1. The van der Waals surface area contributed by atoms with E-state index in [-0.39, 0.29) is 12.3 Å². The minimum Gasteiger partial charge on any atom is -0.294 e. The molecule has 0 saturated heterocycles. The summed E-state index contributed by atoms with van der Waals surface area (Å²) in [4.78, 5) is 16.1. The zero-order chi connectivity index (χ0) is 10.7. The molecule has 2 heterocycles. The van der Waals surface area contributed by atoms with Crippen LogP contribution in [0.5, 0.6) is 0 Å². The van der Waals surface area contributed by atoms with Gasteiger partial charge in [0.05, 0.1) is 11.3 Å². The van der Waals surface area contributed by atoms with Gasteiger partial charge >= 0.3 is 0 Å². The van der Waals surface area contributed by atoms with Crippen LogP contribution >= 0.6 is 11.3 Å². The van der Waals surface area contributed by atoms with Crippen molar-refractivity contribution in [3.05, 3.63) is 23.3 Å². The first-order valence-corrected chi connectivity index (χ1v) is 5.12. The molecule has 1 amide bonds. The van der Waals surface area contributed by atoms with Crippen LogP contribution in [0, 0.1) is 0 Å². The molecule has 7 heteroatoms. The van der Waals surface area contributed by atoms with Crippen molar-refractivity contribution in [2.24, 2.45) is 5.84 Å². The molecule has 2 aromatic rings. The number of nitrogens with zero attached hydrogens (tertiary/aromatic N) is 2. The normalized spacial score (nSPS) is 10.2. The molecule has 15 heavy (non-hydrogen) atoms. The van der Waals surface area contributed by atoms with E-state index in [1.54, 1.807) is 11.3 Å². The average molecular weight is 223 g/mol. The second-order valence-corrected chi connectivity index (χ2v) is 3.77. The number of aromatic nitrogens is 3. The van der Waals surface area contributed by atoms with E-state index >= 15 is 0 Å². The van der Waals surface area contributed by atoms with Gasteiger partial charge in [0.15, 0.2) is 5.82 Å². The maximum atomic E-state index is 11.0. The van der Waals surface area contributed by atoms with Crippen molar-refractivity contribution in [2.45, 2.75) is 6.42 Å². The highest BCUT2D eigenvalue weighted by Gasteiger charge is 2.09. The first-order chi connectivity index (χ1) is 7.29. The molecular weight excluding hydrogens is 214 g/mol. The van der Waals surface area contributed by atoms with Gasteiger partial charge in [-0.1, -0.05) is 6.07 Å². The van der Waals surface area contributed by atoms with Crippen LogP contribution in [0.1, 0.15) is 5.82 Å². The summed E-state index contributed by atoms with van der Waals surface area (Å²) in [6.07, 6.45) is 0.106. The number of carbonyl (C=O) groups is 1. The number of carbonyl (C=O) groups excluding carboxylic acids is 1. The van der Waals surface area contributed by atoms with Gasteiger partial charge < -0.3 is 0 Å². The molecule has 0 aliphatic carbocycles. The highest BCUT2D eigenvalue weighted by Crippen LogP contribution is 2.20. The Morgan fingerprint density at radius 2 is 2.53 bits per heavy atom. The fourth-order valence-electron chi connectivity index (χ4n) is 1.09. The van der Waals surface area contributed by atoms with Crippen LogP contribution in [0.3, 0.4) is 0 Å². The molecule has 0 radical (unpaired) electrons. The standard InChI is InChI=1S/C8H9N5OS/c9-11-7(14)4-6-10-8(13-12-6)5-2-1-3-15-5/h1-3H,4,9H2,(H,11,14)(H,10,12,13). The van der Waals surface area contributed by atoms with Crippen molar-refractivity contribution in [2.75, 3.05) is 0 Å². The van der Waals surface area contributed by atoms with E-state index in [9.17, 15) is 4.79 Å². The van der Waals surface area contributed by atoms with Crippen LogP contribution in [-0.2, 0) is 11.2 Å². The van der Waals surface area contributed by atoms with Crippen LogP contribution in [0.2, 0.25) is 0 Å². The Labute approximate surface area is 89.5 Å². The van der Waals surface area contributed by atoms with Gasteiger partial charge in [-0.25, -0.2) is 10.8 Å². The van der Waals surface area contributed by atoms with Crippen molar-refractivity contribution in [1.82, 2.24) is 20.6 Å². The molecule has 6 nitrogen and oxygen atoms in total. The maximum absolute atomic E-state index is 11.0. The number of nitrogens with one attached hydrogen (secondary N) is 2. The molecular formula is C8H9N5OS. The van der Waals surface area contributed by atoms with Crippen molar-refractivity contribution in [1.29, 1.82) is 0 Å². The van der Waals surface area contributed by atoms with Crippen molar-refractivity contribution < 1.29 is 4.79 Å². The van der Waals surface area contributed by atoms with Gasteiger partial charge in [0.2, 0.25) is 5.91 Å². The third kappa shape index (κ3) is 2.20. The van der Waals surface area contributed by atoms with E-state index in [1.807, 2.05) is 22.9 Å². The van der Waals surface area contributed by atoms with E-state index in [1.165, 1.54) is 0 Å². The topological polar surface area (TPSA) is 96.7 Å². The van der Waals surface area contributed by atoms with Gasteiger partial charge in [-0.2, -0.15) is 5.10 Å². The van der Waals surface area contributed by atoms with Gasteiger partial charge in [-0.15, -0.1) is 11.3 Å². The quantitative estimate of drug-likeness (QED) is 0.389. The lowest BCUT2D eigenvalue weighted by molar-refractivity contribution is -0.120. The molecule has 0 aliphatic heterocycles. The average Bonchev–Trinajstić information content (AvgIpc) is 2.85. The molecule has 2 rings (SSSR count). The van der Waals surface area contributed by atoms with E-state index in [4.69, 9.17) is 5.84 Å². The summed E-state index contributed by atoms with van der Waals surface area (Å²) in [5, 5.41) is 8.63. The van der Waals surface area contributed by atoms with E-state index < -0.39 is 0 Å². The summed E-state index contributed by atoms with van der Waals surface area (Å²) >= 11 is 1.54. The maximum Gasteiger partial charge on any atom is 0.241 e. The van der Waals surface area contributed by atoms with Crippen molar-refractivity contribution >= 4 is 17.2 Å². The minimum atomic E-state index is -0.302. The highest BCUT2D eigenvalue weighted by atomic mass is 32.1. The van der Waals surface area contributed by atoms with Crippen molar-refractivity contribution in [3.8, 4) is 10.7 Å². The molecule has 0 fully saturated rings. The predicted octanol–water partition coefficient (Wildman–Crippen LogP) is 0.0656. The first kappa shape index (κ1) is 9.81. The fraction of sp³-hybridized carbons (Fsp3) is 0.125. The zero-order valence-corrected chi connectivity index (χ0v) is 8.54. The van der Waals surface area contributed by atoms with E-state index in [0.717, 1.165) is 4.88 Å². The smallest absolute Gasteiger partial charge is 0.241 e. The Balaban J connectivity index is 2.14. The lowest BCUT2D eigenvalue weighted by Crippen LogP contribution is -2.31. The summed E-state index contributed by atoms with van der Waals surface area (Å²) in [6, 6.07) is 3.84. The fourth-order valence-corrected chi connectivity index (χ4v) is 1.75. The molecule has 0 aromatic carbocycles. The lowest BCUT2D eigenvalue weighted by atomic mass is 10.4. The molecule has 4 N–H and O–H groups in total. The van der Waals surface area contributed by atoms with Gasteiger partial charge in [0.1, 0.15) is 5.82 Å². The third-order valence-electron chi connectivity index (χ3n) is 1.76.